The van der Waals surface area contributed by atoms with Gasteiger partial charge in [0.1, 0.15) is 0 Å². The first-order valence-electron chi connectivity index (χ1n) is 11.0. The molecule has 4 rings (SSSR count). The van der Waals surface area contributed by atoms with Crippen molar-refractivity contribution in [1.82, 2.24) is 14.7 Å². The van der Waals surface area contributed by atoms with Crippen LogP contribution in [0.25, 0.3) is 0 Å². The van der Waals surface area contributed by atoms with E-state index in [2.05, 4.69) is 11.0 Å². The topological polar surface area (TPSA) is 62.3 Å². The van der Waals surface area contributed by atoms with E-state index >= 15 is 0 Å². The molecule has 2 fully saturated rings. The quantitative estimate of drug-likeness (QED) is 0.758. The highest BCUT2D eigenvalue weighted by atomic mass is 16.7. The molecule has 0 saturated carbocycles. The first-order chi connectivity index (χ1) is 14.3. The number of carbonyl (C=O) groups is 2. The summed E-state index contributed by atoms with van der Waals surface area (Å²) in [6.45, 7) is 11.5. The molecule has 2 saturated heterocycles. The molecule has 0 unspecified atom stereocenters. The SMILES string of the molecule is CC(C)(C)C(=O)N1CCC[C@H](C(=O)N2CCN(Cc3ccc4c(c3)OCO4)CC2)C1. The van der Waals surface area contributed by atoms with Crippen molar-refractivity contribution in [2.45, 2.75) is 40.2 Å². The van der Waals surface area contributed by atoms with E-state index in [4.69, 9.17) is 9.47 Å². The second kappa shape index (κ2) is 8.46. The molecule has 0 aliphatic carbocycles. The van der Waals surface area contributed by atoms with E-state index in [-0.39, 0.29) is 17.7 Å². The molecule has 7 heteroatoms. The van der Waals surface area contributed by atoms with Gasteiger partial charge in [-0.1, -0.05) is 26.8 Å². The van der Waals surface area contributed by atoms with Gasteiger partial charge in [0.05, 0.1) is 5.92 Å². The lowest BCUT2D eigenvalue weighted by Gasteiger charge is -2.40. The number of rotatable bonds is 3. The summed E-state index contributed by atoms with van der Waals surface area (Å²) in [6.07, 6.45) is 1.78. The van der Waals surface area contributed by atoms with E-state index in [1.165, 1.54) is 5.56 Å². The number of carbonyl (C=O) groups excluding carboxylic acids is 2. The van der Waals surface area contributed by atoms with Crippen LogP contribution in [0.1, 0.15) is 39.2 Å². The minimum atomic E-state index is -0.398. The summed E-state index contributed by atoms with van der Waals surface area (Å²) in [4.78, 5) is 32.0. The molecule has 3 aliphatic rings. The van der Waals surface area contributed by atoms with Crippen LogP contribution in [0, 0.1) is 11.3 Å². The minimum Gasteiger partial charge on any atom is -0.454 e. The van der Waals surface area contributed by atoms with Crippen molar-refractivity contribution in [1.29, 1.82) is 0 Å². The number of piperazine rings is 1. The van der Waals surface area contributed by atoms with E-state index < -0.39 is 5.41 Å². The number of likely N-dealkylation sites (tertiary alicyclic amines) is 1. The average Bonchev–Trinajstić information content (AvgIpc) is 3.20. The van der Waals surface area contributed by atoms with Crippen molar-refractivity contribution in [2.75, 3.05) is 46.1 Å². The third kappa shape index (κ3) is 4.56. The van der Waals surface area contributed by atoms with Crippen molar-refractivity contribution >= 4 is 11.8 Å². The van der Waals surface area contributed by atoms with E-state index in [0.29, 0.717) is 13.3 Å². The monoisotopic (exact) mass is 415 g/mol. The zero-order valence-corrected chi connectivity index (χ0v) is 18.4. The highest BCUT2D eigenvalue weighted by Gasteiger charge is 2.35. The van der Waals surface area contributed by atoms with Crippen molar-refractivity contribution in [3.8, 4) is 11.5 Å². The number of nitrogens with zero attached hydrogens (tertiary/aromatic N) is 3. The number of hydrogen-bond donors (Lipinski definition) is 0. The van der Waals surface area contributed by atoms with Crippen LogP contribution in [0.15, 0.2) is 18.2 Å². The largest absolute Gasteiger partial charge is 0.454 e. The van der Waals surface area contributed by atoms with Gasteiger partial charge in [-0.25, -0.2) is 0 Å². The Bertz CT molecular complexity index is 796. The molecule has 3 aliphatic heterocycles. The second-order valence-corrected chi connectivity index (χ2v) is 9.63. The van der Waals surface area contributed by atoms with Crippen LogP contribution in [0.5, 0.6) is 11.5 Å². The van der Waals surface area contributed by atoms with Gasteiger partial charge >= 0.3 is 0 Å². The van der Waals surface area contributed by atoms with Crippen LogP contribution in [0.3, 0.4) is 0 Å². The Morgan fingerprint density at radius 2 is 1.73 bits per heavy atom. The van der Waals surface area contributed by atoms with Crippen LogP contribution in [0.2, 0.25) is 0 Å². The molecule has 1 aromatic rings. The molecule has 0 bridgehead atoms. The third-order valence-electron chi connectivity index (χ3n) is 6.23. The Morgan fingerprint density at radius 1 is 1.00 bits per heavy atom. The first-order valence-corrected chi connectivity index (χ1v) is 11.0. The average molecular weight is 416 g/mol. The predicted octanol–water partition coefficient (Wildman–Crippen LogP) is 2.34. The van der Waals surface area contributed by atoms with Crippen LogP contribution in [-0.4, -0.2) is 72.6 Å². The molecule has 30 heavy (non-hydrogen) atoms. The third-order valence-corrected chi connectivity index (χ3v) is 6.23. The fourth-order valence-corrected chi connectivity index (χ4v) is 4.52. The van der Waals surface area contributed by atoms with Gasteiger partial charge in [-0.15, -0.1) is 0 Å². The molecule has 3 heterocycles. The molecule has 7 nitrogen and oxygen atoms in total. The lowest BCUT2D eigenvalue weighted by Crippen LogP contribution is -2.53. The maximum Gasteiger partial charge on any atom is 0.231 e. The normalized spacial score (nSPS) is 22.3. The minimum absolute atomic E-state index is 0.0644. The van der Waals surface area contributed by atoms with Crippen molar-refractivity contribution < 1.29 is 19.1 Å². The summed E-state index contributed by atoms with van der Waals surface area (Å²) in [7, 11) is 0. The van der Waals surface area contributed by atoms with Gasteiger partial charge in [-0.3, -0.25) is 14.5 Å². The van der Waals surface area contributed by atoms with Crippen LogP contribution in [0.4, 0.5) is 0 Å². The van der Waals surface area contributed by atoms with E-state index in [0.717, 1.165) is 63.6 Å². The van der Waals surface area contributed by atoms with Crippen molar-refractivity contribution in [3.05, 3.63) is 23.8 Å². The second-order valence-electron chi connectivity index (χ2n) is 9.63. The van der Waals surface area contributed by atoms with E-state index in [9.17, 15) is 9.59 Å². The Balaban J connectivity index is 1.28. The van der Waals surface area contributed by atoms with Gasteiger partial charge in [0, 0.05) is 51.2 Å². The molecule has 1 aromatic carbocycles. The maximum absolute atomic E-state index is 13.1. The zero-order chi connectivity index (χ0) is 21.3. The molecule has 0 radical (unpaired) electrons. The Morgan fingerprint density at radius 3 is 2.47 bits per heavy atom. The number of hydrogen-bond acceptors (Lipinski definition) is 5. The smallest absolute Gasteiger partial charge is 0.231 e. The Kier molecular flexibility index (Phi) is 5.91. The van der Waals surface area contributed by atoms with Crippen LogP contribution in [-0.2, 0) is 16.1 Å². The molecule has 0 N–H and O–H groups in total. The highest BCUT2D eigenvalue weighted by molar-refractivity contribution is 5.84. The summed E-state index contributed by atoms with van der Waals surface area (Å²) >= 11 is 0. The predicted molar refractivity (Wildman–Crippen MR) is 113 cm³/mol. The van der Waals surface area contributed by atoms with Gasteiger partial charge in [0.15, 0.2) is 11.5 Å². The molecular formula is C23H33N3O4. The van der Waals surface area contributed by atoms with Gasteiger partial charge < -0.3 is 19.3 Å². The van der Waals surface area contributed by atoms with E-state index in [1.54, 1.807) is 0 Å². The highest BCUT2D eigenvalue weighted by Crippen LogP contribution is 2.33. The van der Waals surface area contributed by atoms with Gasteiger partial charge in [0.2, 0.25) is 18.6 Å². The number of ether oxygens (including phenoxy) is 2. The first kappa shape index (κ1) is 21.0. The molecule has 1 atom stereocenters. The summed E-state index contributed by atoms with van der Waals surface area (Å²) in [6, 6.07) is 6.09. The van der Waals surface area contributed by atoms with Crippen molar-refractivity contribution in [2.24, 2.45) is 11.3 Å². The number of piperidine rings is 1. The standard InChI is InChI=1S/C23H33N3O4/c1-23(2,3)22(28)26-8-4-5-18(15-26)21(27)25-11-9-24(10-12-25)14-17-6-7-19-20(13-17)30-16-29-19/h6-7,13,18H,4-5,8-12,14-16H2,1-3H3/t18-/m0/s1. The van der Waals surface area contributed by atoms with Gasteiger partial charge in [-0.2, -0.15) is 0 Å². The molecule has 164 valence electrons. The van der Waals surface area contributed by atoms with Crippen LogP contribution < -0.4 is 9.47 Å². The van der Waals surface area contributed by atoms with Gasteiger partial charge in [-0.05, 0) is 30.5 Å². The molecule has 0 spiro atoms. The summed E-state index contributed by atoms with van der Waals surface area (Å²) < 4.78 is 10.8. The van der Waals surface area contributed by atoms with Crippen molar-refractivity contribution in [3.63, 3.8) is 0 Å². The summed E-state index contributed by atoms with van der Waals surface area (Å²) in [5.41, 5.74) is 0.799. The van der Waals surface area contributed by atoms with Crippen LogP contribution >= 0.6 is 0 Å². The summed E-state index contributed by atoms with van der Waals surface area (Å²) in [5, 5.41) is 0. The number of benzene rings is 1. The number of amides is 2. The Labute approximate surface area is 178 Å². The fraction of sp³-hybridized carbons (Fsp3) is 0.652. The maximum atomic E-state index is 13.1. The lowest BCUT2D eigenvalue weighted by molar-refractivity contribution is -0.146. The van der Waals surface area contributed by atoms with E-state index in [1.807, 2.05) is 42.7 Å². The number of fused-ring (bicyclic) bond motifs is 1. The molecule has 0 aromatic heterocycles. The lowest BCUT2D eigenvalue weighted by atomic mass is 9.90. The molecule has 2 amide bonds. The Hall–Kier alpha value is -2.28. The van der Waals surface area contributed by atoms with Gasteiger partial charge in [0.25, 0.3) is 0 Å². The fourth-order valence-electron chi connectivity index (χ4n) is 4.52. The summed E-state index contributed by atoms with van der Waals surface area (Å²) in [5.74, 6) is 1.91. The zero-order valence-electron chi connectivity index (χ0n) is 18.4. The molecular weight excluding hydrogens is 382 g/mol.